The fraction of sp³-hybridized carbons (Fsp3) is 0.682. The van der Waals surface area contributed by atoms with Gasteiger partial charge in [0.15, 0.2) is 0 Å². The second-order valence-corrected chi connectivity index (χ2v) is 8.57. The van der Waals surface area contributed by atoms with Crippen molar-refractivity contribution in [2.75, 3.05) is 0 Å². The van der Waals surface area contributed by atoms with Gasteiger partial charge in [-0.1, -0.05) is 20.4 Å². The van der Waals surface area contributed by atoms with Gasteiger partial charge in [-0.15, -0.1) is 0 Å². The molecule has 0 aromatic rings. The van der Waals surface area contributed by atoms with Crippen LogP contribution in [0.2, 0.25) is 0 Å². The van der Waals surface area contributed by atoms with E-state index in [2.05, 4.69) is 6.58 Å². The Bertz CT molecular complexity index is 754. The highest BCUT2D eigenvalue weighted by Crippen LogP contribution is 2.48. The van der Waals surface area contributed by atoms with Gasteiger partial charge < -0.3 is 18.9 Å². The van der Waals surface area contributed by atoms with Gasteiger partial charge in [0.1, 0.15) is 18.3 Å². The van der Waals surface area contributed by atoms with Crippen LogP contribution in [0.3, 0.4) is 0 Å². The molecule has 2 fully saturated rings. The van der Waals surface area contributed by atoms with Gasteiger partial charge in [-0.05, 0) is 31.9 Å². The standard InChI is InChI=1S/C22H30O7/c1-7-11(2)20(24)28-17-10-22(6)18(29-22)9-15(26-14(5)23)12(3)8-16-19(17)13(4)21(25)27-16/h8,11,15-19H,4,7,9-10H2,1-3,5-6H3. The molecule has 2 heterocycles. The van der Waals surface area contributed by atoms with E-state index in [0.717, 1.165) is 5.57 Å². The Labute approximate surface area is 171 Å². The lowest BCUT2D eigenvalue weighted by Crippen LogP contribution is -2.39. The van der Waals surface area contributed by atoms with E-state index in [4.69, 9.17) is 18.9 Å². The molecule has 0 N–H and O–H groups in total. The Morgan fingerprint density at radius 2 is 2.07 bits per heavy atom. The molecule has 7 unspecified atom stereocenters. The molecule has 1 aliphatic carbocycles. The highest BCUT2D eigenvalue weighted by molar-refractivity contribution is 5.91. The van der Waals surface area contributed by atoms with Crippen LogP contribution < -0.4 is 0 Å². The summed E-state index contributed by atoms with van der Waals surface area (Å²) in [5.41, 5.74) is 0.517. The van der Waals surface area contributed by atoms with Crippen molar-refractivity contribution in [3.05, 3.63) is 23.8 Å². The van der Waals surface area contributed by atoms with Gasteiger partial charge in [0.2, 0.25) is 0 Å². The zero-order valence-electron chi connectivity index (χ0n) is 17.7. The molecule has 7 nitrogen and oxygen atoms in total. The molecule has 7 atom stereocenters. The average molecular weight is 406 g/mol. The first-order valence-electron chi connectivity index (χ1n) is 10.2. The largest absolute Gasteiger partial charge is 0.461 e. The van der Waals surface area contributed by atoms with Gasteiger partial charge in [-0.3, -0.25) is 9.59 Å². The Balaban J connectivity index is 1.96. The Kier molecular flexibility index (Phi) is 5.90. The van der Waals surface area contributed by atoms with Crippen LogP contribution in [-0.2, 0) is 33.3 Å². The van der Waals surface area contributed by atoms with Gasteiger partial charge in [0.05, 0.1) is 23.5 Å². The number of ether oxygens (including phenoxy) is 4. The number of esters is 3. The minimum Gasteiger partial charge on any atom is -0.461 e. The van der Waals surface area contributed by atoms with Gasteiger partial charge in [-0.25, -0.2) is 4.79 Å². The topological polar surface area (TPSA) is 91.4 Å². The third-order valence-electron chi connectivity index (χ3n) is 6.26. The van der Waals surface area contributed by atoms with Crippen molar-refractivity contribution in [3.63, 3.8) is 0 Å². The van der Waals surface area contributed by atoms with E-state index < -0.39 is 35.8 Å². The van der Waals surface area contributed by atoms with Crippen molar-refractivity contribution in [1.29, 1.82) is 0 Å². The Morgan fingerprint density at radius 1 is 1.38 bits per heavy atom. The number of fused-ring (bicyclic) bond motifs is 2. The highest BCUT2D eigenvalue weighted by Gasteiger charge is 2.58. The van der Waals surface area contributed by atoms with Gasteiger partial charge >= 0.3 is 17.9 Å². The van der Waals surface area contributed by atoms with Crippen LogP contribution in [0.1, 0.15) is 53.9 Å². The fourth-order valence-corrected chi connectivity index (χ4v) is 4.11. The van der Waals surface area contributed by atoms with E-state index in [0.29, 0.717) is 19.3 Å². The lowest BCUT2D eigenvalue weighted by Gasteiger charge is -2.30. The summed E-state index contributed by atoms with van der Waals surface area (Å²) < 4.78 is 22.8. The van der Waals surface area contributed by atoms with E-state index in [1.807, 2.05) is 27.7 Å². The van der Waals surface area contributed by atoms with Crippen molar-refractivity contribution in [3.8, 4) is 0 Å². The van der Waals surface area contributed by atoms with Crippen LogP contribution >= 0.6 is 0 Å². The zero-order chi connectivity index (χ0) is 21.5. The summed E-state index contributed by atoms with van der Waals surface area (Å²) in [7, 11) is 0. The van der Waals surface area contributed by atoms with E-state index in [-0.39, 0.29) is 29.5 Å². The van der Waals surface area contributed by atoms with E-state index >= 15 is 0 Å². The molecule has 29 heavy (non-hydrogen) atoms. The molecule has 0 radical (unpaired) electrons. The van der Waals surface area contributed by atoms with E-state index in [1.165, 1.54) is 6.92 Å². The molecular formula is C22H30O7. The van der Waals surface area contributed by atoms with Gasteiger partial charge in [-0.2, -0.15) is 0 Å². The average Bonchev–Trinajstić information content (AvgIpc) is 3.17. The summed E-state index contributed by atoms with van der Waals surface area (Å²) >= 11 is 0. The Morgan fingerprint density at radius 3 is 2.69 bits per heavy atom. The predicted octanol–water partition coefficient (Wildman–Crippen LogP) is 2.87. The normalized spacial score (nSPS) is 37.4. The minimum atomic E-state index is -0.637. The second kappa shape index (κ2) is 7.94. The molecule has 3 rings (SSSR count). The number of hydrogen-bond acceptors (Lipinski definition) is 7. The van der Waals surface area contributed by atoms with Crippen LogP contribution in [0.15, 0.2) is 23.8 Å². The SMILES string of the molecule is C=C1C(=O)OC2C=C(C)C(OC(C)=O)CC3OC3(C)CC(OC(=O)C(C)CC)C12. The first-order chi connectivity index (χ1) is 13.6. The van der Waals surface area contributed by atoms with Crippen molar-refractivity contribution >= 4 is 17.9 Å². The first kappa shape index (κ1) is 21.6. The molecule has 2 saturated heterocycles. The summed E-state index contributed by atoms with van der Waals surface area (Å²) in [6.45, 7) is 12.8. The lowest BCUT2D eigenvalue weighted by molar-refractivity contribution is -0.157. The van der Waals surface area contributed by atoms with Crippen LogP contribution in [0.4, 0.5) is 0 Å². The molecular weight excluding hydrogens is 376 g/mol. The number of epoxide rings is 1. The molecule has 3 aliphatic rings. The van der Waals surface area contributed by atoms with Crippen LogP contribution in [0, 0.1) is 11.8 Å². The summed E-state index contributed by atoms with van der Waals surface area (Å²) in [6, 6.07) is 0. The number of carbonyl (C=O) groups is 3. The molecule has 160 valence electrons. The molecule has 0 amide bonds. The summed E-state index contributed by atoms with van der Waals surface area (Å²) in [5.74, 6) is -1.95. The monoisotopic (exact) mass is 406 g/mol. The van der Waals surface area contributed by atoms with Crippen LogP contribution in [0.25, 0.3) is 0 Å². The maximum atomic E-state index is 12.5. The first-order valence-corrected chi connectivity index (χ1v) is 10.2. The highest BCUT2D eigenvalue weighted by atomic mass is 16.6. The maximum Gasteiger partial charge on any atom is 0.334 e. The van der Waals surface area contributed by atoms with Crippen molar-refractivity contribution in [1.82, 2.24) is 0 Å². The van der Waals surface area contributed by atoms with E-state index in [9.17, 15) is 14.4 Å². The van der Waals surface area contributed by atoms with Gasteiger partial charge in [0.25, 0.3) is 0 Å². The summed E-state index contributed by atoms with van der Waals surface area (Å²) in [5, 5.41) is 0. The third-order valence-corrected chi connectivity index (χ3v) is 6.26. The van der Waals surface area contributed by atoms with Crippen molar-refractivity contribution < 1.29 is 33.3 Å². The third kappa shape index (κ3) is 4.39. The van der Waals surface area contributed by atoms with Gasteiger partial charge in [0, 0.05) is 25.3 Å². The number of rotatable bonds is 4. The van der Waals surface area contributed by atoms with Crippen molar-refractivity contribution in [2.45, 2.75) is 83.9 Å². The zero-order valence-corrected chi connectivity index (χ0v) is 17.7. The quantitative estimate of drug-likeness (QED) is 0.233. The molecule has 0 aromatic carbocycles. The molecule has 0 aromatic heterocycles. The van der Waals surface area contributed by atoms with Crippen LogP contribution in [0.5, 0.6) is 0 Å². The second-order valence-electron chi connectivity index (χ2n) is 8.57. The summed E-state index contributed by atoms with van der Waals surface area (Å²) in [6.07, 6.45) is 1.52. The fourth-order valence-electron chi connectivity index (χ4n) is 4.11. The smallest absolute Gasteiger partial charge is 0.334 e. The van der Waals surface area contributed by atoms with Crippen LogP contribution in [-0.4, -0.2) is 47.9 Å². The number of carbonyl (C=O) groups excluding carboxylic acids is 3. The molecule has 0 saturated carbocycles. The Hall–Kier alpha value is -2.15. The summed E-state index contributed by atoms with van der Waals surface area (Å²) in [4.78, 5) is 36.4. The lowest BCUT2D eigenvalue weighted by atomic mass is 9.82. The van der Waals surface area contributed by atoms with Crippen molar-refractivity contribution in [2.24, 2.45) is 11.8 Å². The maximum absolute atomic E-state index is 12.5. The minimum absolute atomic E-state index is 0.136. The molecule has 0 spiro atoms. The predicted molar refractivity (Wildman–Crippen MR) is 104 cm³/mol. The molecule has 2 aliphatic heterocycles. The molecule has 7 heteroatoms. The molecule has 0 bridgehead atoms. The van der Waals surface area contributed by atoms with E-state index in [1.54, 1.807) is 6.08 Å². The number of hydrogen-bond donors (Lipinski definition) is 0.